The Balaban J connectivity index is 0.804. The molecule has 0 spiro atoms. The average molecular weight is 851 g/mol. The smallest absolute Gasteiger partial charge is 0.262 e. The second kappa shape index (κ2) is 17.6. The Morgan fingerprint density at radius 1 is 0.984 bits per heavy atom. The van der Waals surface area contributed by atoms with Gasteiger partial charge in [-0.3, -0.25) is 43.9 Å². The van der Waals surface area contributed by atoms with Gasteiger partial charge < -0.3 is 25.4 Å². The van der Waals surface area contributed by atoms with Crippen LogP contribution in [0.2, 0.25) is 5.02 Å². The predicted molar refractivity (Wildman–Crippen MR) is 226 cm³/mol. The zero-order chi connectivity index (χ0) is 42.9. The molecular weight excluding hydrogens is 804 g/mol. The quantitative estimate of drug-likeness (QED) is 0.125. The highest BCUT2D eigenvalue weighted by Crippen LogP contribution is 2.36. The topological polar surface area (TPSA) is 206 Å². The van der Waals surface area contributed by atoms with Crippen LogP contribution in [0.15, 0.2) is 54.4 Å². The van der Waals surface area contributed by atoms with Crippen LogP contribution in [0.1, 0.15) is 89.3 Å². The Labute approximate surface area is 357 Å². The minimum Gasteiger partial charge on any atom is -0.480 e. The summed E-state index contributed by atoms with van der Waals surface area (Å²) in [5.41, 5.74) is 10.1. The lowest BCUT2D eigenvalue weighted by atomic mass is 9.86. The fourth-order valence-electron chi connectivity index (χ4n) is 8.50. The first-order chi connectivity index (χ1) is 29.3. The molecule has 3 fully saturated rings. The van der Waals surface area contributed by atoms with Gasteiger partial charge in [0.25, 0.3) is 17.7 Å². The second-order valence-electron chi connectivity index (χ2n) is 16.1. The van der Waals surface area contributed by atoms with Gasteiger partial charge in [0.1, 0.15) is 11.1 Å². The molecule has 0 radical (unpaired) electrons. The number of fused-ring (bicyclic) bond motifs is 1. The Hall–Kier alpha value is -5.97. The van der Waals surface area contributed by atoms with Gasteiger partial charge >= 0.3 is 0 Å². The number of ketones is 1. The summed E-state index contributed by atoms with van der Waals surface area (Å²) >= 11 is 6.53. The van der Waals surface area contributed by atoms with E-state index in [0.29, 0.717) is 39.6 Å². The lowest BCUT2D eigenvalue weighted by Gasteiger charge is -2.45. The van der Waals surface area contributed by atoms with Crippen LogP contribution < -0.4 is 21.3 Å². The number of hydrogen-bond acceptors (Lipinski definition) is 13. The molecule has 1 aromatic heterocycles. The van der Waals surface area contributed by atoms with Crippen molar-refractivity contribution in [3.05, 3.63) is 87.3 Å². The fraction of sp³-hybridized carbons (Fsp3) is 0.409. The molecular formula is C44H47ClN8O8. The van der Waals surface area contributed by atoms with Gasteiger partial charge in [-0.1, -0.05) is 29.8 Å². The average Bonchev–Trinajstić information content (AvgIpc) is 3.47. The lowest BCUT2D eigenvalue weighted by Crippen LogP contribution is -2.54. The SMILES string of the molecule is CC(=O)/C(=C\c1cc(Nc2nc(N3CCC(OC4CC(N5CC=C(c6ccc7c(c6)C(=O)N(C6CCC(=O)NC6=O)C7=O)CC5)C4)CC3)ncc2Cl)ccc1C)OCC(N)=O. The first-order valence-corrected chi connectivity index (χ1v) is 20.9. The van der Waals surface area contributed by atoms with Crippen molar-refractivity contribution in [2.24, 2.45) is 5.73 Å². The molecule has 1 saturated carbocycles. The van der Waals surface area contributed by atoms with Crippen molar-refractivity contribution in [3.63, 3.8) is 0 Å². The Bertz CT molecular complexity index is 2370. The molecule has 1 aliphatic carbocycles. The van der Waals surface area contributed by atoms with Crippen molar-refractivity contribution in [1.29, 1.82) is 0 Å². The zero-order valence-electron chi connectivity index (χ0n) is 33.9. The molecule has 2 aromatic carbocycles. The Kier molecular flexibility index (Phi) is 12.0. The highest BCUT2D eigenvalue weighted by atomic mass is 35.5. The van der Waals surface area contributed by atoms with Crippen LogP contribution in [-0.2, 0) is 28.7 Å². The molecule has 1 unspecified atom stereocenters. The van der Waals surface area contributed by atoms with Gasteiger partial charge in [-0.15, -0.1) is 0 Å². The van der Waals surface area contributed by atoms with E-state index in [2.05, 4.69) is 31.5 Å². The third-order valence-corrected chi connectivity index (χ3v) is 12.3. The van der Waals surface area contributed by atoms with E-state index in [1.807, 2.05) is 31.2 Å². The molecule has 8 rings (SSSR count). The largest absolute Gasteiger partial charge is 0.480 e. The summed E-state index contributed by atoms with van der Waals surface area (Å²) in [6.07, 6.45) is 10.3. The summed E-state index contributed by atoms with van der Waals surface area (Å²) in [6.45, 7) is 5.98. The van der Waals surface area contributed by atoms with Crippen LogP contribution in [0.4, 0.5) is 17.5 Å². The number of nitrogens with zero attached hydrogens (tertiary/aromatic N) is 5. The maximum absolute atomic E-state index is 13.3. The minimum absolute atomic E-state index is 0.0271. The molecule has 61 heavy (non-hydrogen) atoms. The first-order valence-electron chi connectivity index (χ1n) is 20.5. The number of carbonyl (C=O) groups is 6. The molecule has 5 amide bonds. The van der Waals surface area contributed by atoms with Gasteiger partial charge in [0.15, 0.2) is 24.0 Å². The number of anilines is 3. The Morgan fingerprint density at radius 2 is 1.75 bits per heavy atom. The lowest BCUT2D eigenvalue weighted by molar-refractivity contribution is -0.136. The number of rotatable bonds is 13. The predicted octanol–water partition coefficient (Wildman–Crippen LogP) is 4.32. The van der Waals surface area contributed by atoms with Crippen molar-refractivity contribution in [2.75, 3.05) is 43.0 Å². The van der Waals surface area contributed by atoms with Crippen LogP contribution in [0.25, 0.3) is 11.6 Å². The van der Waals surface area contributed by atoms with Crippen LogP contribution >= 0.6 is 11.6 Å². The molecule has 318 valence electrons. The number of allylic oxidation sites excluding steroid dienone is 1. The van der Waals surface area contributed by atoms with Crippen LogP contribution in [0.3, 0.4) is 0 Å². The van der Waals surface area contributed by atoms with Gasteiger partial charge in [0.2, 0.25) is 17.8 Å². The van der Waals surface area contributed by atoms with E-state index in [1.165, 1.54) is 6.92 Å². The van der Waals surface area contributed by atoms with Crippen molar-refractivity contribution in [3.8, 4) is 0 Å². The van der Waals surface area contributed by atoms with Gasteiger partial charge in [-0.2, -0.15) is 4.98 Å². The van der Waals surface area contributed by atoms with Crippen molar-refractivity contribution >= 4 is 76.0 Å². The molecule has 1 atom stereocenters. The zero-order valence-corrected chi connectivity index (χ0v) is 34.7. The maximum Gasteiger partial charge on any atom is 0.262 e. The number of carbonyl (C=O) groups excluding carboxylic acids is 6. The maximum atomic E-state index is 13.3. The van der Waals surface area contributed by atoms with E-state index in [4.69, 9.17) is 31.8 Å². The molecule has 2 saturated heterocycles. The summed E-state index contributed by atoms with van der Waals surface area (Å²) in [4.78, 5) is 88.7. The number of halogens is 1. The number of amides is 5. The summed E-state index contributed by atoms with van der Waals surface area (Å²) in [5, 5.41) is 5.86. The summed E-state index contributed by atoms with van der Waals surface area (Å²) in [5.74, 6) is -2.00. The van der Waals surface area contributed by atoms with E-state index in [9.17, 15) is 28.8 Å². The number of nitrogens with two attached hydrogens (primary N) is 1. The number of piperidine rings is 2. The number of aromatic nitrogens is 2. The molecule has 0 bridgehead atoms. The monoisotopic (exact) mass is 850 g/mol. The van der Waals surface area contributed by atoms with E-state index in [1.54, 1.807) is 24.4 Å². The number of Topliss-reactive ketones (excluding diaryl/α,β-unsaturated/α-hetero) is 1. The van der Waals surface area contributed by atoms with Crippen molar-refractivity contribution in [1.82, 2.24) is 25.1 Å². The minimum atomic E-state index is -0.985. The number of hydrogen-bond donors (Lipinski definition) is 3. The molecule has 5 aliphatic rings. The molecule has 16 nitrogen and oxygen atoms in total. The van der Waals surface area contributed by atoms with Crippen LogP contribution in [0.5, 0.6) is 0 Å². The molecule has 3 aromatic rings. The Morgan fingerprint density at radius 3 is 2.46 bits per heavy atom. The highest BCUT2D eigenvalue weighted by molar-refractivity contribution is 6.33. The van der Waals surface area contributed by atoms with Gasteiger partial charge in [-0.05, 0) is 98.1 Å². The van der Waals surface area contributed by atoms with Crippen LogP contribution in [-0.4, -0.2) is 112 Å². The third kappa shape index (κ3) is 9.06. The highest BCUT2D eigenvalue weighted by Gasteiger charge is 2.45. The molecule has 4 N–H and O–H groups in total. The summed E-state index contributed by atoms with van der Waals surface area (Å²) in [6, 6.07) is 10.4. The van der Waals surface area contributed by atoms with Crippen molar-refractivity contribution in [2.45, 2.75) is 83.1 Å². The van der Waals surface area contributed by atoms with Gasteiger partial charge in [0.05, 0.1) is 29.5 Å². The number of ether oxygens (including phenoxy) is 2. The van der Waals surface area contributed by atoms with E-state index in [-0.39, 0.29) is 42.2 Å². The normalized spacial score (nSPS) is 22.4. The first kappa shape index (κ1) is 41.8. The number of nitrogens with one attached hydrogen (secondary N) is 2. The standard InChI is InChI=1S/C44H47ClN8O8/c1-24-3-5-29(17-28(24)19-37(25(2)54)60-23-38(46)55)48-40-35(45)22-47-44(50-40)52-15-11-31(12-16-52)61-32-20-30(21-32)51-13-9-26(10-14-51)27-4-6-33-34(18-27)43(59)53(42(33)58)36-7-8-39(56)49-41(36)57/h3-6,9,17-19,22,30-32,36H,7-8,10-16,20-21,23H2,1-2H3,(H2,46,55)(H,47,48,50)(H,49,56,57)/b37-19+. The van der Waals surface area contributed by atoms with E-state index >= 15 is 0 Å². The molecule has 17 heteroatoms. The number of imide groups is 2. The van der Waals surface area contributed by atoms with E-state index < -0.39 is 42.2 Å². The number of aryl methyl sites for hydroxylation is 1. The van der Waals surface area contributed by atoms with Gasteiger partial charge in [-0.25, -0.2) is 4.98 Å². The molecule has 4 aliphatic heterocycles. The summed E-state index contributed by atoms with van der Waals surface area (Å²) < 4.78 is 11.9. The van der Waals surface area contributed by atoms with Crippen LogP contribution in [0, 0.1) is 6.92 Å². The van der Waals surface area contributed by atoms with Crippen molar-refractivity contribution < 1.29 is 38.2 Å². The molecule has 5 heterocycles. The summed E-state index contributed by atoms with van der Waals surface area (Å²) in [7, 11) is 0. The fourth-order valence-corrected chi connectivity index (χ4v) is 8.64. The second-order valence-corrected chi connectivity index (χ2v) is 16.5. The van der Waals surface area contributed by atoms with E-state index in [0.717, 1.165) is 79.9 Å². The third-order valence-electron chi connectivity index (χ3n) is 12.0. The number of benzene rings is 2. The van der Waals surface area contributed by atoms with Gasteiger partial charge in [0, 0.05) is 51.3 Å². The number of primary amides is 1.